The van der Waals surface area contributed by atoms with Gasteiger partial charge in [0.1, 0.15) is 0 Å². The third-order valence-electron chi connectivity index (χ3n) is 1.63. The van der Waals surface area contributed by atoms with Gasteiger partial charge in [-0.3, -0.25) is 4.79 Å². The smallest absolute Gasteiger partial charge is 0.225 e. The Morgan fingerprint density at radius 2 is 2.00 bits per heavy atom. The number of hydrogen-bond acceptors (Lipinski definition) is 1. The number of allylic oxidation sites excluding steroid dienone is 1. The van der Waals surface area contributed by atoms with Crippen LogP contribution in [0.3, 0.4) is 0 Å². The third-order valence-corrected chi connectivity index (χ3v) is 1.76. The van der Waals surface area contributed by atoms with Crippen LogP contribution in [0.5, 0.6) is 0 Å². The van der Waals surface area contributed by atoms with Gasteiger partial charge >= 0.3 is 0 Å². The first-order valence-corrected chi connectivity index (χ1v) is 4.47. The Hall–Kier alpha value is -1.08. The summed E-state index contributed by atoms with van der Waals surface area (Å²) in [5, 5.41) is -0.315. The lowest BCUT2D eigenvalue weighted by atomic mass is 10.1. The molecule has 0 aromatic heterocycles. The minimum Gasteiger partial charge on any atom is -0.281 e. The van der Waals surface area contributed by atoms with Gasteiger partial charge in [0.05, 0.1) is 0 Å². The summed E-state index contributed by atoms with van der Waals surface area (Å²) >= 11 is 5.26. The molecule has 0 saturated heterocycles. The summed E-state index contributed by atoms with van der Waals surface area (Å²) in [6.45, 7) is 1.90. The van der Waals surface area contributed by atoms with Crippen molar-refractivity contribution in [3.63, 3.8) is 0 Å². The summed E-state index contributed by atoms with van der Waals surface area (Å²) in [5.41, 5.74) is 2.07. The topological polar surface area (TPSA) is 17.1 Å². The number of rotatable bonds is 3. The van der Waals surface area contributed by atoms with Crippen molar-refractivity contribution in [1.82, 2.24) is 0 Å². The third kappa shape index (κ3) is 3.90. The van der Waals surface area contributed by atoms with E-state index in [2.05, 4.69) is 0 Å². The van der Waals surface area contributed by atoms with Gasteiger partial charge in [0.15, 0.2) is 0 Å². The predicted octanol–water partition coefficient (Wildman–Crippen LogP) is 3.25. The minimum atomic E-state index is -0.315. The molecule has 1 aromatic carbocycles. The molecule has 0 aliphatic carbocycles. The summed E-state index contributed by atoms with van der Waals surface area (Å²) in [6, 6.07) is 9.85. The van der Waals surface area contributed by atoms with Crippen molar-refractivity contribution in [1.29, 1.82) is 0 Å². The maximum atomic E-state index is 10.6. The van der Waals surface area contributed by atoms with Gasteiger partial charge in [-0.2, -0.15) is 0 Å². The van der Waals surface area contributed by atoms with Crippen molar-refractivity contribution in [3.8, 4) is 0 Å². The Bertz CT molecular complexity index is 314. The molecule has 0 amide bonds. The molecule has 0 unspecified atom stereocenters. The maximum absolute atomic E-state index is 10.6. The molecule has 0 saturated carbocycles. The zero-order valence-electron chi connectivity index (χ0n) is 7.46. The van der Waals surface area contributed by atoms with Gasteiger partial charge in [-0.15, -0.1) is 0 Å². The van der Waals surface area contributed by atoms with Gasteiger partial charge in [-0.25, -0.2) is 0 Å². The molecule has 0 aliphatic heterocycles. The molecule has 0 atom stereocenters. The second-order valence-corrected chi connectivity index (χ2v) is 3.35. The second-order valence-electron chi connectivity index (χ2n) is 2.93. The van der Waals surface area contributed by atoms with Crippen molar-refractivity contribution >= 4 is 22.9 Å². The first-order chi connectivity index (χ1) is 6.18. The normalized spacial score (nSPS) is 11.4. The summed E-state index contributed by atoms with van der Waals surface area (Å²) < 4.78 is 0. The highest BCUT2D eigenvalue weighted by Gasteiger charge is 1.97. The molecule has 13 heavy (non-hydrogen) atoms. The number of carbonyl (C=O) groups is 1. The van der Waals surface area contributed by atoms with Crippen molar-refractivity contribution in [3.05, 3.63) is 41.5 Å². The van der Waals surface area contributed by atoms with Gasteiger partial charge in [0.2, 0.25) is 5.24 Å². The van der Waals surface area contributed by atoms with Crippen LogP contribution >= 0.6 is 11.6 Å². The lowest BCUT2D eigenvalue weighted by molar-refractivity contribution is -0.111. The molecule has 68 valence electrons. The zero-order chi connectivity index (χ0) is 9.68. The fourth-order valence-electron chi connectivity index (χ4n) is 1.10. The molecule has 0 spiro atoms. The van der Waals surface area contributed by atoms with Crippen LogP contribution in [0.2, 0.25) is 0 Å². The zero-order valence-corrected chi connectivity index (χ0v) is 8.21. The van der Waals surface area contributed by atoms with Crippen LogP contribution < -0.4 is 0 Å². The van der Waals surface area contributed by atoms with E-state index in [-0.39, 0.29) is 5.24 Å². The van der Waals surface area contributed by atoms with Crippen molar-refractivity contribution in [2.75, 3.05) is 0 Å². The van der Waals surface area contributed by atoms with E-state index in [0.717, 1.165) is 11.1 Å². The molecule has 0 aliphatic rings. The Kier molecular flexibility index (Phi) is 3.71. The average molecular weight is 195 g/mol. The highest BCUT2D eigenvalue weighted by molar-refractivity contribution is 6.63. The molecular weight excluding hydrogens is 184 g/mol. The fraction of sp³-hybridized carbons (Fsp3) is 0.182. The Balaban J connectivity index is 2.71. The summed E-state index contributed by atoms with van der Waals surface area (Å²) in [5.74, 6) is 0. The molecule has 1 nitrogen and oxygen atoms in total. The van der Waals surface area contributed by atoms with E-state index in [1.54, 1.807) is 0 Å². The lowest BCUT2D eigenvalue weighted by Crippen LogP contribution is -1.86. The van der Waals surface area contributed by atoms with E-state index in [9.17, 15) is 4.79 Å². The van der Waals surface area contributed by atoms with Crippen LogP contribution in [0.4, 0.5) is 0 Å². The molecule has 0 radical (unpaired) electrons. The first kappa shape index (κ1) is 10.0. The average Bonchev–Trinajstić information content (AvgIpc) is 2.04. The summed E-state index contributed by atoms with van der Waals surface area (Å²) in [4.78, 5) is 10.6. The molecule has 0 N–H and O–H groups in total. The van der Waals surface area contributed by atoms with Gasteiger partial charge in [0, 0.05) is 6.42 Å². The number of halogens is 1. The SMILES string of the molecule is C/C(=C/c1ccccc1)CC(=O)Cl. The van der Waals surface area contributed by atoms with Crippen LogP contribution in [-0.4, -0.2) is 5.24 Å². The van der Waals surface area contributed by atoms with E-state index in [1.165, 1.54) is 0 Å². The molecular formula is C11H11ClO. The van der Waals surface area contributed by atoms with Crippen LogP contribution in [-0.2, 0) is 4.79 Å². The highest BCUT2D eigenvalue weighted by atomic mass is 35.5. The van der Waals surface area contributed by atoms with Crippen LogP contribution in [0, 0.1) is 0 Å². The van der Waals surface area contributed by atoms with Crippen molar-refractivity contribution in [2.45, 2.75) is 13.3 Å². The molecule has 0 heterocycles. The minimum absolute atomic E-state index is 0.315. The number of hydrogen-bond donors (Lipinski definition) is 0. The molecule has 2 heteroatoms. The van der Waals surface area contributed by atoms with Gasteiger partial charge in [-0.05, 0) is 24.1 Å². The highest BCUT2D eigenvalue weighted by Crippen LogP contribution is 2.10. The standard InChI is InChI=1S/C11H11ClO/c1-9(8-11(12)13)7-10-5-3-2-4-6-10/h2-7H,8H2,1H3/b9-7-. The van der Waals surface area contributed by atoms with Gasteiger partial charge in [-0.1, -0.05) is 42.0 Å². The van der Waals surface area contributed by atoms with Crippen LogP contribution in [0.25, 0.3) is 6.08 Å². The quantitative estimate of drug-likeness (QED) is 0.676. The molecule has 1 rings (SSSR count). The Labute approximate surface area is 83.0 Å². The fourth-order valence-corrected chi connectivity index (χ4v) is 1.31. The first-order valence-electron chi connectivity index (χ1n) is 4.09. The molecule has 0 fully saturated rings. The number of carbonyl (C=O) groups excluding carboxylic acids is 1. The van der Waals surface area contributed by atoms with E-state index in [4.69, 9.17) is 11.6 Å². The van der Waals surface area contributed by atoms with Gasteiger partial charge < -0.3 is 0 Å². The lowest BCUT2D eigenvalue weighted by Gasteiger charge is -1.96. The van der Waals surface area contributed by atoms with Crippen molar-refractivity contribution in [2.24, 2.45) is 0 Å². The maximum Gasteiger partial charge on any atom is 0.225 e. The van der Waals surface area contributed by atoms with E-state index >= 15 is 0 Å². The van der Waals surface area contributed by atoms with Crippen LogP contribution in [0.15, 0.2) is 35.9 Å². The predicted molar refractivity (Wildman–Crippen MR) is 55.6 cm³/mol. The van der Waals surface area contributed by atoms with E-state index in [0.29, 0.717) is 6.42 Å². The largest absolute Gasteiger partial charge is 0.281 e. The number of benzene rings is 1. The van der Waals surface area contributed by atoms with E-state index in [1.807, 2.05) is 43.3 Å². The monoisotopic (exact) mass is 194 g/mol. The second kappa shape index (κ2) is 4.83. The van der Waals surface area contributed by atoms with Crippen LogP contribution in [0.1, 0.15) is 18.9 Å². The Morgan fingerprint density at radius 1 is 1.38 bits per heavy atom. The summed E-state index contributed by atoms with van der Waals surface area (Å²) in [7, 11) is 0. The molecule has 1 aromatic rings. The summed E-state index contributed by atoms with van der Waals surface area (Å²) in [6.07, 6.45) is 2.27. The van der Waals surface area contributed by atoms with E-state index < -0.39 is 0 Å². The Morgan fingerprint density at radius 3 is 2.54 bits per heavy atom. The van der Waals surface area contributed by atoms with Crippen molar-refractivity contribution < 1.29 is 4.79 Å². The van der Waals surface area contributed by atoms with Gasteiger partial charge in [0.25, 0.3) is 0 Å². The molecule has 0 bridgehead atoms.